The summed E-state index contributed by atoms with van der Waals surface area (Å²) in [6.45, 7) is 3.45. The highest BCUT2D eigenvalue weighted by molar-refractivity contribution is 5.95. The summed E-state index contributed by atoms with van der Waals surface area (Å²) in [5, 5.41) is 7.26. The van der Waals surface area contributed by atoms with Gasteiger partial charge in [0, 0.05) is 33.6 Å². The molecule has 1 N–H and O–H groups in total. The Morgan fingerprint density at radius 2 is 2.07 bits per heavy atom. The number of nitrogens with one attached hydrogen (secondary N) is 1. The molecule has 1 aliphatic heterocycles. The van der Waals surface area contributed by atoms with Gasteiger partial charge in [0.1, 0.15) is 5.75 Å². The summed E-state index contributed by atoms with van der Waals surface area (Å²) in [5.74, 6) is 1.07. The van der Waals surface area contributed by atoms with Crippen LogP contribution in [0.2, 0.25) is 0 Å². The maximum atomic E-state index is 13.0. The average molecular weight is 370 g/mol. The van der Waals surface area contributed by atoms with Crippen LogP contribution in [0.3, 0.4) is 0 Å². The number of hydrogen-bond acceptors (Lipinski definition) is 4. The van der Waals surface area contributed by atoms with Crippen LogP contribution in [0, 0.1) is 5.92 Å². The van der Waals surface area contributed by atoms with Crippen molar-refractivity contribution in [3.05, 3.63) is 47.3 Å². The molecule has 1 aromatic carbocycles. The molecule has 1 aromatic heterocycles. The molecular weight excluding hydrogens is 344 g/mol. The summed E-state index contributed by atoms with van der Waals surface area (Å²) in [6.07, 6.45) is 3.37. The quantitative estimate of drug-likeness (QED) is 0.842. The minimum absolute atomic E-state index is 0.0235. The minimum Gasteiger partial charge on any atom is -0.497 e. The Labute approximate surface area is 159 Å². The van der Waals surface area contributed by atoms with Crippen LogP contribution in [0.15, 0.2) is 30.5 Å². The molecule has 0 aliphatic carbocycles. The first-order chi connectivity index (χ1) is 13.0. The van der Waals surface area contributed by atoms with Gasteiger partial charge < -0.3 is 15.0 Å². The lowest BCUT2D eigenvalue weighted by Crippen LogP contribution is -2.33. The molecule has 2 amide bonds. The predicted octanol–water partition coefficient (Wildman–Crippen LogP) is 1.86. The van der Waals surface area contributed by atoms with Crippen molar-refractivity contribution in [3.8, 4) is 5.75 Å². The standard InChI is InChI=1S/C20H26N4O3/c1-14(25)21-11-16-8-9-24-19(10-16)18(12-22-24)20(26)23(2)13-15-4-6-17(27-3)7-5-15/h4-7,12,16H,8-11,13H2,1-3H3,(H,21,25)/t16-/m1/s1. The number of methoxy groups -OCH3 is 1. The largest absolute Gasteiger partial charge is 0.497 e. The highest BCUT2D eigenvalue weighted by Gasteiger charge is 2.26. The van der Waals surface area contributed by atoms with E-state index in [9.17, 15) is 9.59 Å². The zero-order chi connectivity index (χ0) is 19.4. The predicted molar refractivity (Wildman–Crippen MR) is 102 cm³/mol. The van der Waals surface area contributed by atoms with Crippen LogP contribution in [-0.2, 0) is 24.3 Å². The molecule has 3 rings (SSSR count). The van der Waals surface area contributed by atoms with E-state index in [2.05, 4.69) is 10.4 Å². The number of rotatable bonds is 6. The molecule has 0 radical (unpaired) electrons. The Hall–Kier alpha value is -2.83. The van der Waals surface area contributed by atoms with Gasteiger partial charge in [0.15, 0.2) is 0 Å². The zero-order valence-corrected chi connectivity index (χ0v) is 16.1. The summed E-state index contributed by atoms with van der Waals surface area (Å²) in [4.78, 5) is 25.8. The van der Waals surface area contributed by atoms with Crippen molar-refractivity contribution in [3.63, 3.8) is 0 Å². The van der Waals surface area contributed by atoms with Crippen molar-refractivity contribution in [1.29, 1.82) is 0 Å². The van der Waals surface area contributed by atoms with E-state index in [1.54, 1.807) is 25.3 Å². The number of carbonyl (C=O) groups excluding carboxylic acids is 2. The molecule has 2 heterocycles. The number of ether oxygens (including phenoxy) is 1. The van der Waals surface area contributed by atoms with Gasteiger partial charge in [0.25, 0.3) is 5.91 Å². The summed E-state index contributed by atoms with van der Waals surface area (Å²) in [5.41, 5.74) is 2.65. The van der Waals surface area contributed by atoms with Crippen molar-refractivity contribution in [2.24, 2.45) is 5.92 Å². The molecule has 0 unspecified atom stereocenters. The molecule has 0 spiro atoms. The molecule has 7 nitrogen and oxygen atoms in total. The maximum absolute atomic E-state index is 13.0. The Morgan fingerprint density at radius 3 is 2.74 bits per heavy atom. The Balaban J connectivity index is 1.68. The van der Waals surface area contributed by atoms with E-state index in [0.717, 1.165) is 36.4 Å². The monoisotopic (exact) mass is 370 g/mol. The normalized spacial score (nSPS) is 15.7. The van der Waals surface area contributed by atoms with Gasteiger partial charge in [-0.05, 0) is 36.5 Å². The van der Waals surface area contributed by atoms with Crippen LogP contribution in [0.5, 0.6) is 5.75 Å². The molecule has 0 saturated carbocycles. The van der Waals surface area contributed by atoms with Gasteiger partial charge in [0.2, 0.25) is 5.91 Å². The van der Waals surface area contributed by atoms with Crippen molar-refractivity contribution in [2.75, 3.05) is 20.7 Å². The molecule has 144 valence electrons. The van der Waals surface area contributed by atoms with E-state index in [1.165, 1.54) is 6.92 Å². The minimum atomic E-state index is -0.0350. The fraction of sp³-hybridized carbons (Fsp3) is 0.450. The second kappa shape index (κ2) is 8.24. The summed E-state index contributed by atoms with van der Waals surface area (Å²) >= 11 is 0. The van der Waals surface area contributed by atoms with Crippen LogP contribution in [0.25, 0.3) is 0 Å². The molecule has 7 heteroatoms. The summed E-state index contributed by atoms with van der Waals surface area (Å²) < 4.78 is 7.09. The molecule has 1 aliphatic rings. The van der Waals surface area contributed by atoms with Crippen LogP contribution in [0.4, 0.5) is 0 Å². The van der Waals surface area contributed by atoms with Crippen molar-refractivity contribution < 1.29 is 14.3 Å². The van der Waals surface area contributed by atoms with E-state index in [0.29, 0.717) is 24.6 Å². The van der Waals surface area contributed by atoms with Gasteiger partial charge >= 0.3 is 0 Å². The Morgan fingerprint density at radius 1 is 1.33 bits per heavy atom. The van der Waals surface area contributed by atoms with Gasteiger partial charge in [-0.2, -0.15) is 5.10 Å². The Bertz CT molecular complexity index is 813. The molecule has 1 atom stereocenters. The topological polar surface area (TPSA) is 76.5 Å². The number of aryl methyl sites for hydroxylation is 1. The van der Waals surface area contributed by atoms with Gasteiger partial charge in [0.05, 0.1) is 24.6 Å². The van der Waals surface area contributed by atoms with E-state index < -0.39 is 0 Å². The number of nitrogens with zero attached hydrogens (tertiary/aromatic N) is 3. The third-order valence-corrected chi connectivity index (χ3v) is 4.98. The number of aromatic nitrogens is 2. The molecule has 0 fully saturated rings. The first-order valence-electron chi connectivity index (χ1n) is 9.15. The van der Waals surface area contributed by atoms with Crippen LogP contribution >= 0.6 is 0 Å². The summed E-state index contributed by atoms with van der Waals surface area (Å²) in [6, 6.07) is 7.70. The second-order valence-electron chi connectivity index (χ2n) is 7.03. The lowest BCUT2D eigenvalue weighted by Gasteiger charge is -2.25. The maximum Gasteiger partial charge on any atom is 0.257 e. The fourth-order valence-corrected chi connectivity index (χ4v) is 3.42. The zero-order valence-electron chi connectivity index (χ0n) is 16.1. The van der Waals surface area contributed by atoms with Crippen LogP contribution in [0.1, 0.15) is 35.0 Å². The molecular formula is C20H26N4O3. The Kier molecular flexibility index (Phi) is 5.78. The number of amides is 2. The van der Waals surface area contributed by atoms with Crippen LogP contribution < -0.4 is 10.1 Å². The number of hydrogen-bond donors (Lipinski definition) is 1. The lowest BCUT2D eigenvalue weighted by atomic mass is 9.94. The van der Waals surface area contributed by atoms with Gasteiger partial charge in [-0.15, -0.1) is 0 Å². The molecule has 2 aromatic rings. The van der Waals surface area contributed by atoms with Gasteiger partial charge in [-0.1, -0.05) is 12.1 Å². The average Bonchev–Trinajstić information content (AvgIpc) is 3.09. The van der Waals surface area contributed by atoms with Crippen molar-refractivity contribution in [2.45, 2.75) is 32.9 Å². The third kappa shape index (κ3) is 4.48. The number of fused-ring (bicyclic) bond motifs is 1. The van der Waals surface area contributed by atoms with E-state index >= 15 is 0 Å². The number of benzene rings is 1. The smallest absolute Gasteiger partial charge is 0.257 e. The third-order valence-electron chi connectivity index (χ3n) is 4.98. The number of carbonyl (C=O) groups is 2. The SMILES string of the molecule is COc1ccc(CN(C)C(=O)c2cnn3c2C[C@H](CNC(C)=O)CC3)cc1. The first kappa shape index (κ1) is 18.9. The van der Waals surface area contributed by atoms with Gasteiger partial charge in [-0.3, -0.25) is 14.3 Å². The second-order valence-corrected chi connectivity index (χ2v) is 7.03. The highest BCUT2D eigenvalue weighted by Crippen LogP contribution is 2.24. The molecule has 27 heavy (non-hydrogen) atoms. The molecule has 0 saturated heterocycles. The van der Waals surface area contributed by atoms with Crippen LogP contribution in [-0.4, -0.2) is 47.2 Å². The van der Waals surface area contributed by atoms with Crippen molar-refractivity contribution in [1.82, 2.24) is 20.0 Å². The fourth-order valence-electron chi connectivity index (χ4n) is 3.42. The van der Waals surface area contributed by atoms with Crippen molar-refractivity contribution >= 4 is 11.8 Å². The van der Waals surface area contributed by atoms with E-state index in [1.807, 2.05) is 28.9 Å². The summed E-state index contributed by atoms with van der Waals surface area (Å²) in [7, 11) is 3.43. The highest BCUT2D eigenvalue weighted by atomic mass is 16.5. The van der Waals surface area contributed by atoms with Gasteiger partial charge in [-0.25, -0.2) is 0 Å². The first-order valence-corrected chi connectivity index (χ1v) is 9.15. The molecule has 0 bridgehead atoms. The lowest BCUT2D eigenvalue weighted by molar-refractivity contribution is -0.119. The van der Waals surface area contributed by atoms with E-state index in [-0.39, 0.29) is 11.8 Å². The van der Waals surface area contributed by atoms with E-state index in [4.69, 9.17) is 4.74 Å².